The van der Waals surface area contributed by atoms with Crippen LogP contribution in [0.4, 0.5) is 16.4 Å². The summed E-state index contributed by atoms with van der Waals surface area (Å²) in [7, 11) is 0. The summed E-state index contributed by atoms with van der Waals surface area (Å²) in [5, 5.41) is 22.1. The van der Waals surface area contributed by atoms with Crippen molar-refractivity contribution in [3.05, 3.63) is 29.8 Å². The Bertz CT molecular complexity index is 899. The van der Waals surface area contributed by atoms with Gasteiger partial charge in [0.05, 0.1) is 24.5 Å². The van der Waals surface area contributed by atoms with Crippen molar-refractivity contribution in [3.63, 3.8) is 0 Å². The van der Waals surface area contributed by atoms with Crippen LogP contribution in [0.15, 0.2) is 18.5 Å². The third kappa shape index (κ3) is 4.63. The largest absolute Gasteiger partial charge is 0.446 e. The van der Waals surface area contributed by atoms with E-state index in [0.717, 1.165) is 31.4 Å². The molecule has 1 amide bonds. The number of H-pyrrole nitrogens is 1. The number of amides is 1. The normalized spacial score (nSPS) is 26.1. The van der Waals surface area contributed by atoms with Crippen molar-refractivity contribution < 1.29 is 14.3 Å². The summed E-state index contributed by atoms with van der Waals surface area (Å²) >= 11 is 0. The fourth-order valence-corrected chi connectivity index (χ4v) is 3.71. The van der Waals surface area contributed by atoms with Crippen LogP contribution in [0.5, 0.6) is 0 Å². The number of carbonyl (C=O) groups excluding carboxylic acids is 1. The minimum absolute atomic E-state index is 0.116. The molecule has 3 heterocycles. The van der Waals surface area contributed by atoms with Crippen LogP contribution >= 0.6 is 0 Å². The Morgan fingerprint density at radius 2 is 2.28 bits per heavy atom. The van der Waals surface area contributed by atoms with Gasteiger partial charge in [-0.1, -0.05) is 0 Å². The maximum absolute atomic E-state index is 12.2. The second-order valence-electron chi connectivity index (χ2n) is 7.76. The lowest BCUT2D eigenvalue weighted by Crippen LogP contribution is -2.47. The van der Waals surface area contributed by atoms with Gasteiger partial charge in [0, 0.05) is 24.3 Å². The second-order valence-corrected chi connectivity index (χ2v) is 7.76. The van der Waals surface area contributed by atoms with Gasteiger partial charge in [-0.05, 0) is 32.6 Å². The minimum atomic E-state index is -0.380. The Labute approximate surface area is 168 Å². The van der Waals surface area contributed by atoms with E-state index in [1.165, 1.54) is 12.4 Å². The number of carbonyl (C=O) groups is 1. The van der Waals surface area contributed by atoms with Crippen molar-refractivity contribution >= 4 is 17.7 Å². The van der Waals surface area contributed by atoms with Gasteiger partial charge in [-0.25, -0.2) is 14.8 Å². The number of hydrogen-bond donors (Lipinski definition) is 3. The van der Waals surface area contributed by atoms with Crippen LogP contribution in [0.25, 0.3) is 0 Å². The predicted molar refractivity (Wildman–Crippen MR) is 102 cm³/mol. The molecular formula is C19H23N7O3. The zero-order valence-electron chi connectivity index (χ0n) is 16.1. The van der Waals surface area contributed by atoms with E-state index in [1.807, 2.05) is 19.1 Å². The van der Waals surface area contributed by atoms with Gasteiger partial charge >= 0.3 is 6.09 Å². The number of nitriles is 1. The topological polar surface area (TPSA) is 138 Å². The van der Waals surface area contributed by atoms with Gasteiger partial charge in [0.15, 0.2) is 11.5 Å². The Balaban J connectivity index is 1.29. The summed E-state index contributed by atoms with van der Waals surface area (Å²) in [6, 6.07) is 3.85. The van der Waals surface area contributed by atoms with Gasteiger partial charge in [-0.3, -0.25) is 5.10 Å². The Morgan fingerprint density at radius 3 is 3.00 bits per heavy atom. The van der Waals surface area contributed by atoms with Crippen LogP contribution in [0.1, 0.15) is 49.9 Å². The summed E-state index contributed by atoms with van der Waals surface area (Å²) in [5.41, 5.74) is 0.901. The summed E-state index contributed by atoms with van der Waals surface area (Å²) in [4.78, 5) is 20.3. The fraction of sp³-hybridized carbons (Fsp3) is 0.526. The number of aromatic amines is 1. The lowest BCUT2D eigenvalue weighted by molar-refractivity contribution is 0.0883. The molecule has 1 aliphatic heterocycles. The summed E-state index contributed by atoms with van der Waals surface area (Å²) < 4.78 is 11.0. The molecule has 0 aromatic carbocycles. The average Bonchev–Trinajstić information content (AvgIpc) is 3.44. The monoisotopic (exact) mass is 397 g/mol. The molecule has 1 aliphatic carbocycles. The first-order valence-corrected chi connectivity index (χ1v) is 9.64. The molecule has 2 fully saturated rings. The number of hydrogen-bond acceptors (Lipinski definition) is 8. The number of anilines is 2. The SMILES string of the molecule is C[C@@]1(NC(=O)O[C@@H]2CC[C@H](c3cc(Nc4cnc(C#N)cn4)n[nH]3)C2)CCOC1. The van der Waals surface area contributed by atoms with Crippen molar-refractivity contribution in [1.82, 2.24) is 25.5 Å². The molecule has 2 aromatic rings. The smallest absolute Gasteiger partial charge is 0.407 e. The van der Waals surface area contributed by atoms with E-state index in [9.17, 15) is 4.79 Å². The summed E-state index contributed by atoms with van der Waals surface area (Å²) in [5.74, 6) is 1.37. The number of aromatic nitrogens is 4. The van der Waals surface area contributed by atoms with Crippen molar-refractivity contribution in [3.8, 4) is 6.07 Å². The molecule has 3 atom stereocenters. The number of nitrogens with zero attached hydrogens (tertiary/aromatic N) is 4. The van der Waals surface area contributed by atoms with Crippen molar-refractivity contribution in [2.24, 2.45) is 0 Å². The molecule has 0 radical (unpaired) electrons. The molecule has 2 aromatic heterocycles. The first-order chi connectivity index (χ1) is 14.0. The molecule has 29 heavy (non-hydrogen) atoms. The van der Waals surface area contributed by atoms with Crippen LogP contribution in [0.2, 0.25) is 0 Å². The molecule has 0 unspecified atom stereocenters. The predicted octanol–water partition coefficient (Wildman–Crippen LogP) is 2.36. The zero-order chi connectivity index (χ0) is 20.3. The molecular weight excluding hydrogens is 374 g/mol. The van der Waals surface area contributed by atoms with Crippen LogP contribution in [-0.2, 0) is 9.47 Å². The lowest BCUT2D eigenvalue weighted by Gasteiger charge is -2.24. The zero-order valence-corrected chi connectivity index (χ0v) is 16.1. The van der Waals surface area contributed by atoms with E-state index >= 15 is 0 Å². The van der Waals surface area contributed by atoms with E-state index in [2.05, 4.69) is 30.8 Å². The van der Waals surface area contributed by atoms with Gasteiger partial charge in [0.25, 0.3) is 0 Å². The van der Waals surface area contributed by atoms with Crippen LogP contribution in [0, 0.1) is 11.3 Å². The van der Waals surface area contributed by atoms with Gasteiger partial charge in [-0.15, -0.1) is 0 Å². The standard InChI is InChI=1S/C19H23N7O3/c1-19(4-5-28-11-19)24-18(27)29-14-3-2-12(6-14)15-7-16(26-25-15)23-17-10-21-13(8-20)9-22-17/h7,9-10,12,14H,2-6,11H2,1H3,(H,24,27)(H2,22,23,25,26)/t12-,14+,19+/m0/s1. The van der Waals surface area contributed by atoms with Crippen molar-refractivity contribution in [2.45, 2.75) is 50.2 Å². The highest BCUT2D eigenvalue weighted by Crippen LogP contribution is 2.36. The van der Waals surface area contributed by atoms with Crippen LogP contribution in [0.3, 0.4) is 0 Å². The van der Waals surface area contributed by atoms with E-state index in [0.29, 0.717) is 24.8 Å². The van der Waals surface area contributed by atoms with E-state index in [1.54, 1.807) is 0 Å². The van der Waals surface area contributed by atoms with Gasteiger partial charge in [0.2, 0.25) is 0 Å². The first kappa shape index (κ1) is 19.1. The number of rotatable bonds is 5. The first-order valence-electron chi connectivity index (χ1n) is 9.64. The highest BCUT2D eigenvalue weighted by molar-refractivity contribution is 5.68. The maximum atomic E-state index is 12.2. The fourth-order valence-electron chi connectivity index (χ4n) is 3.71. The third-order valence-electron chi connectivity index (χ3n) is 5.34. The minimum Gasteiger partial charge on any atom is -0.446 e. The van der Waals surface area contributed by atoms with Crippen molar-refractivity contribution in [2.75, 3.05) is 18.5 Å². The van der Waals surface area contributed by atoms with Crippen LogP contribution in [-0.4, -0.2) is 51.1 Å². The van der Waals surface area contributed by atoms with Gasteiger partial charge < -0.3 is 20.1 Å². The number of ether oxygens (including phenoxy) is 2. The van der Waals surface area contributed by atoms with E-state index in [-0.39, 0.29) is 29.3 Å². The number of alkyl carbamates (subject to hydrolysis) is 1. The summed E-state index contributed by atoms with van der Waals surface area (Å²) in [6.45, 7) is 3.14. The molecule has 0 bridgehead atoms. The highest BCUT2D eigenvalue weighted by Gasteiger charge is 2.34. The molecule has 1 saturated carbocycles. The average molecular weight is 397 g/mol. The molecule has 152 valence electrons. The van der Waals surface area contributed by atoms with E-state index < -0.39 is 0 Å². The Morgan fingerprint density at radius 1 is 1.38 bits per heavy atom. The number of nitrogens with one attached hydrogen (secondary N) is 3. The third-order valence-corrected chi connectivity index (χ3v) is 5.34. The van der Waals surface area contributed by atoms with E-state index in [4.69, 9.17) is 14.7 Å². The van der Waals surface area contributed by atoms with Crippen LogP contribution < -0.4 is 10.6 Å². The molecule has 10 heteroatoms. The molecule has 2 aliphatic rings. The summed E-state index contributed by atoms with van der Waals surface area (Å²) in [6.07, 6.45) is 5.66. The maximum Gasteiger partial charge on any atom is 0.407 e. The Kier molecular flexibility index (Phi) is 5.31. The van der Waals surface area contributed by atoms with Gasteiger partial charge in [0.1, 0.15) is 18.0 Å². The Hall–Kier alpha value is -3.19. The highest BCUT2D eigenvalue weighted by atomic mass is 16.6. The van der Waals surface area contributed by atoms with Crippen molar-refractivity contribution in [1.29, 1.82) is 5.26 Å². The quantitative estimate of drug-likeness (QED) is 0.699. The lowest BCUT2D eigenvalue weighted by atomic mass is 10.0. The molecule has 10 nitrogen and oxygen atoms in total. The molecule has 0 spiro atoms. The molecule has 3 N–H and O–H groups in total. The second kappa shape index (κ2) is 8.05. The molecule has 4 rings (SSSR count). The molecule has 1 saturated heterocycles. The van der Waals surface area contributed by atoms with Gasteiger partial charge in [-0.2, -0.15) is 10.4 Å².